The predicted octanol–water partition coefficient (Wildman–Crippen LogP) is 0.527. The normalized spacial score (nSPS) is 11.0. The minimum absolute atomic E-state index is 0.0579. The van der Waals surface area contributed by atoms with Crippen molar-refractivity contribution in [2.45, 2.75) is 0 Å². The summed E-state index contributed by atoms with van der Waals surface area (Å²) in [4.78, 5) is 0. The summed E-state index contributed by atoms with van der Waals surface area (Å²) in [6, 6.07) is 0. The highest BCUT2D eigenvalue weighted by atomic mass is 32.2. The molecule has 0 saturated carbocycles. The van der Waals surface area contributed by atoms with Crippen molar-refractivity contribution >= 4 is 10.1 Å². The van der Waals surface area contributed by atoms with E-state index in [2.05, 4.69) is 0 Å². The minimum Gasteiger partial charge on any atom is -0.197 e. The van der Waals surface area contributed by atoms with Crippen LogP contribution in [0, 0.1) is 0 Å². The second kappa shape index (κ2) is 2.88. The summed E-state index contributed by atoms with van der Waals surface area (Å²) in [6.07, 6.45) is -2.10. The zero-order valence-electron chi connectivity index (χ0n) is 4.17. The molecule has 0 unspecified atom stereocenters. The second-order valence-corrected chi connectivity index (χ2v) is 2.67. The Morgan fingerprint density at radius 1 is 1.44 bits per heavy atom. The van der Waals surface area contributed by atoms with E-state index in [9.17, 15) is 21.8 Å². The van der Waals surface area contributed by atoms with Gasteiger partial charge in [-0.25, -0.2) is 0 Å². The van der Waals surface area contributed by atoms with E-state index in [0.717, 1.165) is 0 Å². The zero-order chi connectivity index (χ0) is 7.49. The van der Waals surface area contributed by atoms with Crippen molar-refractivity contribution in [3.05, 3.63) is 12.2 Å². The van der Waals surface area contributed by atoms with Crippen molar-refractivity contribution < 1.29 is 21.8 Å². The molecular weight excluding hydrogens is 154 g/mol. The number of hydrogen-bond donors (Lipinski definition) is 0. The van der Waals surface area contributed by atoms with E-state index < -0.39 is 22.0 Å². The van der Waals surface area contributed by atoms with Gasteiger partial charge in [0.05, 0.1) is 0 Å². The quantitative estimate of drug-likeness (QED) is 0.587. The molecule has 0 atom stereocenters. The maximum Gasteiger partial charge on any atom is 0.298 e. The first-order valence-corrected chi connectivity index (χ1v) is 3.44. The van der Waals surface area contributed by atoms with Gasteiger partial charge in [0.25, 0.3) is 16.2 Å². The lowest BCUT2D eigenvalue weighted by Gasteiger charge is -1.81. The van der Waals surface area contributed by atoms with Gasteiger partial charge >= 0.3 is 0 Å². The SMILES string of the molecule is [O]S(=O)(=O)CC=C(F)F. The monoisotopic (exact) mass is 157 g/mol. The van der Waals surface area contributed by atoms with Crippen LogP contribution in [0.5, 0.6) is 0 Å². The summed E-state index contributed by atoms with van der Waals surface area (Å²) in [5, 5.41) is 0. The van der Waals surface area contributed by atoms with E-state index in [4.69, 9.17) is 0 Å². The first-order valence-electron chi connectivity index (χ1n) is 1.86. The summed E-state index contributed by atoms with van der Waals surface area (Å²) in [6.45, 7) is 0. The van der Waals surface area contributed by atoms with Crippen molar-refractivity contribution in [3.63, 3.8) is 0 Å². The van der Waals surface area contributed by atoms with Gasteiger partial charge in [0.2, 0.25) is 0 Å². The van der Waals surface area contributed by atoms with Gasteiger partial charge in [-0.1, -0.05) is 4.55 Å². The summed E-state index contributed by atoms with van der Waals surface area (Å²) < 4.78 is 50.9. The standard InChI is InChI=1S/C3H3F2O3S/c4-3(5)1-2-9(6,7)8/h1H,2H2. The number of rotatable bonds is 2. The smallest absolute Gasteiger partial charge is 0.197 e. The van der Waals surface area contributed by atoms with E-state index in [-0.39, 0.29) is 6.08 Å². The van der Waals surface area contributed by atoms with Crippen LogP contribution in [0.15, 0.2) is 12.2 Å². The van der Waals surface area contributed by atoms with Crippen molar-refractivity contribution in [3.8, 4) is 0 Å². The molecule has 0 fully saturated rings. The van der Waals surface area contributed by atoms with Crippen molar-refractivity contribution in [2.24, 2.45) is 0 Å². The molecule has 1 radical (unpaired) electrons. The molecule has 0 aliphatic rings. The second-order valence-electron chi connectivity index (χ2n) is 1.22. The first-order chi connectivity index (χ1) is 3.92. The van der Waals surface area contributed by atoms with Crippen LogP contribution < -0.4 is 0 Å². The van der Waals surface area contributed by atoms with Crippen LogP contribution in [0.3, 0.4) is 0 Å². The summed E-state index contributed by atoms with van der Waals surface area (Å²) >= 11 is 0. The Balaban J connectivity index is 3.95. The van der Waals surface area contributed by atoms with Crippen LogP contribution >= 0.6 is 0 Å². The maximum atomic E-state index is 11.0. The van der Waals surface area contributed by atoms with Gasteiger partial charge in [-0.2, -0.15) is 17.2 Å². The van der Waals surface area contributed by atoms with Gasteiger partial charge in [0.15, 0.2) is 0 Å². The molecule has 9 heavy (non-hydrogen) atoms. The summed E-state index contributed by atoms with van der Waals surface area (Å²) in [5.74, 6) is -1.14. The average molecular weight is 157 g/mol. The zero-order valence-corrected chi connectivity index (χ0v) is 4.99. The van der Waals surface area contributed by atoms with E-state index in [0.29, 0.717) is 0 Å². The fraction of sp³-hybridized carbons (Fsp3) is 0.333. The molecule has 0 spiro atoms. The third-order valence-electron chi connectivity index (χ3n) is 0.442. The lowest BCUT2D eigenvalue weighted by atomic mass is 10.7. The molecule has 0 aromatic carbocycles. The Morgan fingerprint density at radius 2 is 1.89 bits per heavy atom. The van der Waals surface area contributed by atoms with Gasteiger partial charge < -0.3 is 0 Å². The van der Waals surface area contributed by atoms with Crippen molar-refractivity contribution in [1.29, 1.82) is 0 Å². The van der Waals surface area contributed by atoms with E-state index in [1.807, 2.05) is 0 Å². The highest BCUT2D eigenvalue weighted by Gasteiger charge is 2.03. The maximum absolute atomic E-state index is 11.0. The molecule has 3 nitrogen and oxygen atoms in total. The molecule has 0 aromatic heterocycles. The topological polar surface area (TPSA) is 54.0 Å². The van der Waals surface area contributed by atoms with Crippen LogP contribution in [0.2, 0.25) is 0 Å². The molecule has 53 valence electrons. The molecular formula is C3H3F2O3S. The lowest BCUT2D eigenvalue weighted by Crippen LogP contribution is -1.98. The Kier molecular flexibility index (Phi) is 2.72. The Labute approximate surface area is 50.7 Å². The molecule has 0 heterocycles. The van der Waals surface area contributed by atoms with Gasteiger partial charge in [-0.3, -0.25) is 0 Å². The molecule has 0 bridgehead atoms. The highest BCUT2D eigenvalue weighted by molar-refractivity contribution is 7.85. The lowest BCUT2D eigenvalue weighted by molar-refractivity contribution is 0.407. The molecule has 0 N–H and O–H groups in total. The molecule has 0 amide bonds. The molecule has 0 aliphatic heterocycles. The number of hydrogen-bond acceptors (Lipinski definition) is 2. The minimum atomic E-state index is -4.53. The summed E-state index contributed by atoms with van der Waals surface area (Å²) in [7, 11) is -4.53. The van der Waals surface area contributed by atoms with Crippen LogP contribution in [-0.4, -0.2) is 14.2 Å². The fourth-order valence-electron chi connectivity index (χ4n) is 0.165. The first kappa shape index (κ1) is 8.51. The highest BCUT2D eigenvalue weighted by Crippen LogP contribution is 1.97. The van der Waals surface area contributed by atoms with Crippen molar-refractivity contribution in [2.75, 3.05) is 5.75 Å². The van der Waals surface area contributed by atoms with E-state index in [1.54, 1.807) is 0 Å². The molecule has 0 rings (SSSR count). The van der Waals surface area contributed by atoms with Crippen molar-refractivity contribution in [1.82, 2.24) is 0 Å². The Hall–Kier alpha value is -0.490. The average Bonchev–Trinajstić information content (AvgIpc) is 1.59. The van der Waals surface area contributed by atoms with Crippen LogP contribution in [0.25, 0.3) is 0 Å². The molecule has 0 aliphatic carbocycles. The van der Waals surface area contributed by atoms with Crippen LogP contribution in [-0.2, 0) is 14.7 Å². The van der Waals surface area contributed by atoms with Gasteiger partial charge in [0, 0.05) is 0 Å². The largest absolute Gasteiger partial charge is 0.298 e. The molecule has 0 saturated heterocycles. The number of halogens is 2. The van der Waals surface area contributed by atoms with Gasteiger partial charge in [-0.05, 0) is 6.08 Å². The molecule has 6 heteroatoms. The van der Waals surface area contributed by atoms with Crippen LogP contribution in [0.1, 0.15) is 0 Å². The summed E-state index contributed by atoms with van der Waals surface area (Å²) in [5.41, 5.74) is 0. The van der Waals surface area contributed by atoms with Gasteiger partial charge in [0.1, 0.15) is 5.75 Å². The third-order valence-corrected chi connectivity index (χ3v) is 1.02. The third kappa shape index (κ3) is 7.51. The molecule has 0 aromatic rings. The van der Waals surface area contributed by atoms with E-state index in [1.165, 1.54) is 0 Å². The Bertz CT molecular complexity index is 201. The van der Waals surface area contributed by atoms with Crippen LogP contribution in [0.4, 0.5) is 8.78 Å². The fourth-order valence-corrected chi connectivity index (χ4v) is 0.495. The Morgan fingerprint density at radius 3 is 2.00 bits per heavy atom. The predicted molar refractivity (Wildman–Crippen MR) is 24.8 cm³/mol. The van der Waals surface area contributed by atoms with E-state index >= 15 is 0 Å². The van der Waals surface area contributed by atoms with Gasteiger partial charge in [-0.15, -0.1) is 0 Å².